The molecule has 2 aliphatic heterocycles. The molecule has 0 N–H and O–H groups in total. The molecule has 38 heavy (non-hydrogen) atoms. The van der Waals surface area contributed by atoms with Crippen molar-refractivity contribution in [2.45, 2.75) is 39.3 Å². The number of nitrogens with zero attached hydrogens (tertiary/aromatic N) is 2. The van der Waals surface area contributed by atoms with Gasteiger partial charge in [-0.05, 0) is 54.8 Å². The first-order valence-electron chi connectivity index (χ1n) is 12.1. The summed E-state index contributed by atoms with van der Waals surface area (Å²) in [6.07, 6.45) is 2.91. The molecule has 0 unspecified atom stereocenters. The molecule has 0 amide bonds. The van der Waals surface area contributed by atoms with E-state index in [-0.39, 0.29) is 24.7 Å². The summed E-state index contributed by atoms with van der Waals surface area (Å²) in [7, 11) is 0. The lowest BCUT2D eigenvalue weighted by molar-refractivity contribution is -0.139. The van der Waals surface area contributed by atoms with E-state index in [1.165, 1.54) is 28.0 Å². The van der Waals surface area contributed by atoms with Crippen LogP contribution in [0.5, 0.6) is 17.2 Å². The van der Waals surface area contributed by atoms with Crippen LogP contribution in [0.3, 0.4) is 0 Å². The average molecular weight is 543 g/mol. The molecule has 8 nitrogen and oxygen atoms in total. The van der Waals surface area contributed by atoms with Crippen molar-refractivity contribution in [1.82, 2.24) is 4.57 Å². The summed E-state index contributed by atoms with van der Waals surface area (Å²) < 4.78 is 47.6. The molecule has 2 aliphatic rings. The molecule has 3 heterocycles. The standard InChI is InChI=1S/C27H24F2N2O6S/c1-3-5-18-22(25(33)34-4-2)23(16-8-11-19-20(13-16)36-14-35-19)31-24(32)21(38-27(31)30-18)12-15-6-9-17(10-7-15)37-26(28)29/h6-13,23,26H,3-5,14H2,1-2H3/b21-12+/t23-/m0/s1. The van der Waals surface area contributed by atoms with Gasteiger partial charge in [0, 0.05) is 0 Å². The lowest BCUT2D eigenvalue weighted by Crippen LogP contribution is -2.40. The molecule has 1 atom stereocenters. The molecule has 5 rings (SSSR count). The highest BCUT2D eigenvalue weighted by Gasteiger charge is 2.35. The summed E-state index contributed by atoms with van der Waals surface area (Å²) in [6, 6.07) is 10.5. The first kappa shape index (κ1) is 25.7. The van der Waals surface area contributed by atoms with E-state index >= 15 is 0 Å². The molecule has 0 aliphatic carbocycles. The van der Waals surface area contributed by atoms with Crippen LogP contribution in [0.2, 0.25) is 0 Å². The lowest BCUT2D eigenvalue weighted by Gasteiger charge is -2.25. The van der Waals surface area contributed by atoms with Crippen molar-refractivity contribution in [2.24, 2.45) is 4.99 Å². The maximum atomic E-state index is 13.8. The van der Waals surface area contributed by atoms with Gasteiger partial charge in [-0.1, -0.05) is 42.9 Å². The number of rotatable bonds is 8. The van der Waals surface area contributed by atoms with Crippen LogP contribution in [-0.4, -0.2) is 30.5 Å². The van der Waals surface area contributed by atoms with Crippen LogP contribution < -0.4 is 29.1 Å². The van der Waals surface area contributed by atoms with Crippen LogP contribution in [-0.2, 0) is 9.53 Å². The van der Waals surface area contributed by atoms with Crippen molar-refractivity contribution in [3.63, 3.8) is 0 Å². The number of hydrogen-bond donors (Lipinski definition) is 0. The van der Waals surface area contributed by atoms with Gasteiger partial charge in [0.05, 0.1) is 28.5 Å². The Morgan fingerprint density at radius 3 is 2.66 bits per heavy atom. The van der Waals surface area contributed by atoms with Gasteiger partial charge in [0.25, 0.3) is 5.56 Å². The fourth-order valence-electron chi connectivity index (χ4n) is 4.42. The highest BCUT2D eigenvalue weighted by molar-refractivity contribution is 7.07. The van der Waals surface area contributed by atoms with Crippen molar-refractivity contribution in [2.75, 3.05) is 13.4 Å². The maximum Gasteiger partial charge on any atom is 0.387 e. The Bertz CT molecular complexity index is 1580. The molecule has 0 fully saturated rings. The Hall–Kier alpha value is -3.99. The largest absolute Gasteiger partial charge is 0.463 e. The average Bonchev–Trinajstić information content (AvgIpc) is 3.48. The second kappa shape index (κ2) is 10.8. The molecule has 2 aromatic carbocycles. The molecule has 0 saturated carbocycles. The zero-order valence-electron chi connectivity index (χ0n) is 20.6. The van der Waals surface area contributed by atoms with E-state index in [2.05, 4.69) is 4.74 Å². The quantitative estimate of drug-likeness (QED) is 0.401. The van der Waals surface area contributed by atoms with Crippen LogP contribution in [0.15, 0.2) is 63.5 Å². The number of aromatic nitrogens is 1. The highest BCUT2D eigenvalue weighted by atomic mass is 32.1. The fourth-order valence-corrected chi connectivity index (χ4v) is 5.44. The summed E-state index contributed by atoms with van der Waals surface area (Å²) in [5.41, 5.74) is 1.80. The number of carbonyl (C=O) groups is 1. The molecule has 1 aromatic heterocycles. The third kappa shape index (κ3) is 4.93. The first-order valence-corrected chi connectivity index (χ1v) is 12.9. The van der Waals surface area contributed by atoms with E-state index in [4.69, 9.17) is 19.2 Å². The molecular weight excluding hydrogens is 518 g/mol. The third-order valence-corrected chi connectivity index (χ3v) is 6.99. The zero-order chi connectivity index (χ0) is 26.8. The van der Waals surface area contributed by atoms with Crippen molar-refractivity contribution in [3.05, 3.63) is 84.5 Å². The number of hydrogen-bond acceptors (Lipinski definition) is 8. The minimum Gasteiger partial charge on any atom is -0.463 e. The van der Waals surface area contributed by atoms with Crippen LogP contribution in [0.4, 0.5) is 8.78 Å². The molecule has 11 heteroatoms. The number of carbonyl (C=O) groups excluding carboxylic acids is 1. The normalized spacial score (nSPS) is 16.4. The summed E-state index contributed by atoms with van der Waals surface area (Å²) >= 11 is 1.19. The number of benzene rings is 2. The molecule has 0 spiro atoms. The number of halogens is 2. The second-order valence-corrected chi connectivity index (χ2v) is 9.48. The number of esters is 1. The van der Waals surface area contributed by atoms with Crippen molar-refractivity contribution < 1.29 is 32.5 Å². The molecule has 0 radical (unpaired) electrons. The first-order chi connectivity index (χ1) is 18.4. The third-order valence-electron chi connectivity index (χ3n) is 6.01. The van der Waals surface area contributed by atoms with Gasteiger partial charge in [0.15, 0.2) is 16.3 Å². The fraction of sp³-hybridized carbons (Fsp3) is 0.296. The van der Waals surface area contributed by atoms with E-state index in [9.17, 15) is 18.4 Å². The highest BCUT2D eigenvalue weighted by Crippen LogP contribution is 2.38. The van der Waals surface area contributed by atoms with Crippen molar-refractivity contribution >= 4 is 23.4 Å². The molecule has 0 saturated heterocycles. The number of allylic oxidation sites excluding steroid dienone is 1. The Morgan fingerprint density at radius 1 is 1.18 bits per heavy atom. The minimum atomic E-state index is -2.92. The van der Waals surface area contributed by atoms with Gasteiger partial charge in [-0.2, -0.15) is 8.78 Å². The molecule has 0 bridgehead atoms. The molecule has 3 aromatic rings. The van der Waals surface area contributed by atoms with Crippen LogP contribution in [0, 0.1) is 0 Å². The van der Waals surface area contributed by atoms with E-state index in [0.717, 1.165) is 6.42 Å². The Labute approximate surface area is 220 Å². The monoisotopic (exact) mass is 542 g/mol. The molecule has 198 valence electrons. The summed E-state index contributed by atoms with van der Waals surface area (Å²) in [5, 5.41) is 0. The second-order valence-electron chi connectivity index (χ2n) is 8.47. The van der Waals surface area contributed by atoms with Gasteiger partial charge >= 0.3 is 12.6 Å². The van der Waals surface area contributed by atoms with Gasteiger partial charge in [0.1, 0.15) is 5.75 Å². The van der Waals surface area contributed by atoms with Crippen molar-refractivity contribution in [1.29, 1.82) is 0 Å². The van der Waals surface area contributed by atoms with E-state index < -0.39 is 18.6 Å². The van der Waals surface area contributed by atoms with Gasteiger partial charge in [-0.3, -0.25) is 9.36 Å². The maximum absolute atomic E-state index is 13.8. The Balaban J connectivity index is 1.67. The summed E-state index contributed by atoms with van der Waals surface area (Å²) in [5.74, 6) is 0.583. The van der Waals surface area contributed by atoms with Crippen LogP contribution in [0.1, 0.15) is 43.9 Å². The number of thiazole rings is 1. The summed E-state index contributed by atoms with van der Waals surface area (Å²) in [4.78, 5) is 32.2. The van der Waals surface area contributed by atoms with E-state index in [1.807, 2.05) is 6.92 Å². The van der Waals surface area contributed by atoms with Gasteiger partial charge in [0.2, 0.25) is 6.79 Å². The van der Waals surface area contributed by atoms with E-state index in [0.29, 0.717) is 49.7 Å². The number of fused-ring (bicyclic) bond motifs is 2. The predicted octanol–water partition coefficient (Wildman–Crippen LogP) is 3.91. The SMILES string of the molecule is CCCC1=C(C(=O)OCC)[C@H](c2ccc3c(c2)OCO3)n2c(s/c(=C/c3ccc(OC(F)F)cc3)c2=O)=N1. The van der Waals surface area contributed by atoms with Crippen molar-refractivity contribution in [3.8, 4) is 17.2 Å². The number of alkyl halides is 2. The lowest BCUT2D eigenvalue weighted by atomic mass is 9.94. The summed E-state index contributed by atoms with van der Waals surface area (Å²) in [6.45, 7) is 1.04. The topological polar surface area (TPSA) is 88.4 Å². The smallest absolute Gasteiger partial charge is 0.387 e. The van der Waals surface area contributed by atoms with Gasteiger partial charge in [-0.25, -0.2) is 9.79 Å². The van der Waals surface area contributed by atoms with E-state index in [1.54, 1.807) is 43.3 Å². The Kier molecular flexibility index (Phi) is 7.28. The predicted molar refractivity (Wildman–Crippen MR) is 135 cm³/mol. The minimum absolute atomic E-state index is 0.0182. The Morgan fingerprint density at radius 2 is 1.95 bits per heavy atom. The van der Waals surface area contributed by atoms with Gasteiger partial charge < -0.3 is 18.9 Å². The number of ether oxygens (including phenoxy) is 4. The zero-order valence-corrected chi connectivity index (χ0v) is 21.4. The van der Waals surface area contributed by atoms with Crippen LogP contribution >= 0.6 is 11.3 Å². The molecular formula is C27H24F2N2O6S. The van der Waals surface area contributed by atoms with Gasteiger partial charge in [-0.15, -0.1) is 0 Å². The van der Waals surface area contributed by atoms with Crippen LogP contribution in [0.25, 0.3) is 6.08 Å².